The molecule has 2 atom stereocenters. The molecular formula is C20H24ClN3O3. The largest absolute Gasteiger partial charge is 0.481 e. The molecule has 0 spiro atoms. The number of hydrogen-bond acceptors (Lipinski definition) is 3. The zero-order chi connectivity index (χ0) is 19.7. The molecule has 0 saturated carbocycles. The smallest absolute Gasteiger partial charge is 0.306 e. The first-order chi connectivity index (χ1) is 12.8. The van der Waals surface area contributed by atoms with Crippen molar-refractivity contribution in [3.63, 3.8) is 0 Å². The maximum Gasteiger partial charge on any atom is 0.306 e. The molecule has 6 nitrogen and oxygen atoms in total. The van der Waals surface area contributed by atoms with E-state index >= 15 is 0 Å². The van der Waals surface area contributed by atoms with E-state index in [0.29, 0.717) is 30.1 Å². The summed E-state index contributed by atoms with van der Waals surface area (Å²) in [7, 11) is 0. The summed E-state index contributed by atoms with van der Waals surface area (Å²) in [5.74, 6) is -1.25. The number of aromatic nitrogens is 2. The molecular weight excluding hydrogens is 366 g/mol. The van der Waals surface area contributed by atoms with Gasteiger partial charge in [-0.3, -0.25) is 9.59 Å². The Kier molecular flexibility index (Phi) is 5.56. The number of halogens is 1. The average Bonchev–Trinajstić information content (AvgIpc) is 3.06. The Morgan fingerprint density at radius 1 is 1.26 bits per heavy atom. The Morgan fingerprint density at radius 3 is 2.48 bits per heavy atom. The van der Waals surface area contributed by atoms with E-state index in [4.69, 9.17) is 11.6 Å². The van der Waals surface area contributed by atoms with Crippen LogP contribution in [0.15, 0.2) is 30.5 Å². The summed E-state index contributed by atoms with van der Waals surface area (Å²) in [5.41, 5.74) is 2.26. The Bertz CT molecular complexity index is 845. The van der Waals surface area contributed by atoms with Crippen LogP contribution in [0.3, 0.4) is 0 Å². The molecule has 1 aliphatic rings. The van der Waals surface area contributed by atoms with E-state index in [-0.39, 0.29) is 17.7 Å². The van der Waals surface area contributed by atoms with Gasteiger partial charge in [0.15, 0.2) is 0 Å². The number of nitrogens with zero attached hydrogens (tertiary/aromatic N) is 3. The van der Waals surface area contributed by atoms with Gasteiger partial charge in [0.05, 0.1) is 29.1 Å². The van der Waals surface area contributed by atoms with E-state index in [2.05, 4.69) is 5.10 Å². The lowest BCUT2D eigenvalue weighted by Crippen LogP contribution is -2.45. The number of benzene rings is 1. The number of likely N-dealkylation sites (tertiary alicyclic amines) is 1. The van der Waals surface area contributed by atoms with Crippen LogP contribution in [0.5, 0.6) is 0 Å². The highest BCUT2D eigenvalue weighted by Gasteiger charge is 2.34. The molecule has 1 amide bonds. The van der Waals surface area contributed by atoms with E-state index < -0.39 is 11.9 Å². The van der Waals surface area contributed by atoms with Crippen LogP contribution in [-0.4, -0.2) is 44.8 Å². The summed E-state index contributed by atoms with van der Waals surface area (Å²) in [4.78, 5) is 26.2. The molecule has 2 aromatic rings. The Labute approximate surface area is 163 Å². The van der Waals surface area contributed by atoms with Gasteiger partial charge in [-0.1, -0.05) is 32.4 Å². The Morgan fingerprint density at radius 2 is 1.93 bits per heavy atom. The molecule has 0 aliphatic carbocycles. The standard InChI is InChI=1S/C20H24ClN3O3/c1-12(2)18-17(10-22-24(18)15-6-4-14(21)5-7-15)19(25)23-9-8-16(20(26)27)13(3)11-23/h4-7,10,12-13,16H,8-9,11H2,1-3H3,(H,26,27). The molecule has 7 heteroatoms. The molecule has 0 radical (unpaired) electrons. The minimum absolute atomic E-state index is 0.0750. The quantitative estimate of drug-likeness (QED) is 0.862. The van der Waals surface area contributed by atoms with Crippen molar-refractivity contribution in [2.24, 2.45) is 11.8 Å². The minimum atomic E-state index is -0.784. The van der Waals surface area contributed by atoms with Gasteiger partial charge >= 0.3 is 5.97 Å². The zero-order valence-corrected chi connectivity index (χ0v) is 16.5. The molecule has 144 valence electrons. The first-order valence-corrected chi connectivity index (χ1v) is 9.53. The second-order valence-corrected chi connectivity index (χ2v) is 7.88. The van der Waals surface area contributed by atoms with Gasteiger partial charge in [0.25, 0.3) is 5.91 Å². The number of carboxylic acids is 1. The number of piperidine rings is 1. The highest BCUT2D eigenvalue weighted by Crippen LogP contribution is 2.28. The topological polar surface area (TPSA) is 75.4 Å². The van der Waals surface area contributed by atoms with Crippen LogP contribution in [0.1, 0.15) is 49.2 Å². The average molecular weight is 390 g/mol. The Balaban J connectivity index is 1.90. The lowest BCUT2D eigenvalue weighted by Gasteiger charge is -2.35. The SMILES string of the molecule is CC(C)c1c(C(=O)N2CCC(C(=O)O)C(C)C2)cnn1-c1ccc(Cl)cc1. The lowest BCUT2D eigenvalue weighted by atomic mass is 9.86. The maximum atomic E-state index is 13.1. The summed E-state index contributed by atoms with van der Waals surface area (Å²) < 4.78 is 1.78. The molecule has 1 aliphatic heterocycles. The van der Waals surface area contributed by atoms with Crippen LogP contribution in [0, 0.1) is 11.8 Å². The van der Waals surface area contributed by atoms with Gasteiger partial charge in [0.1, 0.15) is 0 Å². The molecule has 27 heavy (non-hydrogen) atoms. The number of amides is 1. The molecule has 1 saturated heterocycles. The molecule has 0 bridgehead atoms. The van der Waals surface area contributed by atoms with Crippen LogP contribution >= 0.6 is 11.6 Å². The van der Waals surface area contributed by atoms with E-state index in [1.54, 1.807) is 27.9 Å². The summed E-state index contributed by atoms with van der Waals surface area (Å²) >= 11 is 5.97. The number of rotatable bonds is 4. The second-order valence-electron chi connectivity index (χ2n) is 7.45. The van der Waals surface area contributed by atoms with Crippen molar-refractivity contribution in [1.29, 1.82) is 0 Å². The number of carbonyl (C=O) groups is 2. The zero-order valence-electron chi connectivity index (χ0n) is 15.7. The van der Waals surface area contributed by atoms with Crippen molar-refractivity contribution < 1.29 is 14.7 Å². The number of aliphatic carboxylic acids is 1. The van der Waals surface area contributed by atoms with Crippen molar-refractivity contribution in [1.82, 2.24) is 14.7 Å². The van der Waals surface area contributed by atoms with Crippen molar-refractivity contribution in [3.05, 3.63) is 46.7 Å². The molecule has 3 rings (SSSR count). The third kappa shape index (κ3) is 3.86. The van der Waals surface area contributed by atoms with Crippen molar-refractivity contribution in [2.75, 3.05) is 13.1 Å². The molecule has 2 unspecified atom stereocenters. The predicted octanol–water partition coefficient (Wildman–Crippen LogP) is 3.83. The summed E-state index contributed by atoms with van der Waals surface area (Å²) in [6.07, 6.45) is 2.09. The Hall–Kier alpha value is -2.34. The van der Waals surface area contributed by atoms with Crippen LogP contribution < -0.4 is 0 Å². The highest BCUT2D eigenvalue weighted by molar-refractivity contribution is 6.30. The third-order valence-corrected chi connectivity index (χ3v) is 5.42. The molecule has 1 aromatic heterocycles. The highest BCUT2D eigenvalue weighted by atomic mass is 35.5. The normalized spacial score (nSPS) is 20.1. The summed E-state index contributed by atoms with van der Waals surface area (Å²) in [6.45, 7) is 6.83. The fourth-order valence-corrected chi connectivity index (χ4v) is 3.86. The monoisotopic (exact) mass is 389 g/mol. The number of carbonyl (C=O) groups excluding carboxylic acids is 1. The van der Waals surface area contributed by atoms with Gasteiger partial charge in [-0.25, -0.2) is 4.68 Å². The fourth-order valence-electron chi connectivity index (χ4n) is 3.73. The first kappa shape index (κ1) is 19.4. The van der Waals surface area contributed by atoms with E-state index in [1.165, 1.54) is 0 Å². The van der Waals surface area contributed by atoms with Crippen LogP contribution in [-0.2, 0) is 4.79 Å². The fraction of sp³-hybridized carbons (Fsp3) is 0.450. The second kappa shape index (κ2) is 7.72. The minimum Gasteiger partial charge on any atom is -0.481 e. The van der Waals surface area contributed by atoms with Gasteiger partial charge in [-0.15, -0.1) is 0 Å². The van der Waals surface area contributed by atoms with E-state index in [9.17, 15) is 14.7 Å². The lowest BCUT2D eigenvalue weighted by molar-refractivity contribution is -0.145. The third-order valence-electron chi connectivity index (χ3n) is 5.16. The van der Waals surface area contributed by atoms with Crippen molar-refractivity contribution in [2.45, 2.75) is 33.1 Å². The van der Waals surface area contributed by atoms with Crippen molar-refractivity contribution in [3.8, 4) is 5.69 Å². The summed E-state index contributed by atoms with van der Waals surface area (Å²) in [5, 5.41) is 14.4. The first-order valence-electron chi connectivity index (χ1n) is 9.15. The van der Waals surface area contributed by atoms with Crippen molar-refractivity contribution >= 4 is 23.5 Å². The van der Waals surface area contributed by atoms with Crippen LogP contribution in [0.4, 0.5) is 0 Å². The van der Waals surface area contributed by atoms with Gasteiger partial charge in [0.2, 0.25) is 0 Å². The molecule has 1 aromatic carbocycles. The summed E-state index contributed by atoms with van der Waals surface area (Å²) in [6, 6.07) is 7.33. The molecule has 1 N–H and O–H groups in total. The molecule has 1 fully saturated rings. The molecule has 2 heterocycles. The van der Waals surface area contributed by atoms with Crippen LogP contribution in [0.2, 0.25) is 5.02 Å². The van der Waals surface area contributed by atoms with Crippen LogP contribution in [0.25, 0.3) is 5.69 Å². The number of carboxylic acid groups (broad SMARTS) is 1. The van der Waals surface area contributed by atoms with Gasteiger partial charge < -0.3 is 10.0 Å². The maximum absolute atomic E-state index is 13.1. The van der Waals surface area contributed by atoms with Gasteiger partial charge in [0, 0.05) is 18.1 Å². The predicted molar refractivity (Wildman–Crippen MR) is 103 cm³/mol. The van der Waals surface area contributed by atoms with E-state index in [0.717, 1.165) is 11.4 Å². The van der Waals surface area contributed by atoms with Gasteiger partial charge in [-0.05, 0) is 42.5 Å². The number of hydrogen-bond donors (Lipinski definition) is 1. The van der Waals surface area contributed by atoms with Gasteiger partial charge in [-0.2, -0.15) is 5.10 Å². The van der Waals surface area contributed by atoms with E-state index in [1.807, 2.05) is 32.9 Å².